The van der Waals surface area contributed by atoms with Crippen molar-refractivity contribution in [1.82, 2.24) is 4.90 Å². The van der Waals surface area contributed by atoms with Crippen molar-refractivity contribution < 1.29 is 0 Å². The van der Waals surface area contributed by atoms with Crippen LogP contribution in [0, 0.1) is 23.2 Å². The topological polar surface area (TPSA) is 27.0 Å². The third-order valence-corrected chi connectivity index (χ3v) is 3.60. The van der Waals surface area contributed by atoms with Crippen molar-refractivity contribution in [3.63, 3.8) is 0 Å². The van der Waals surface area contributed by atoms with E-state index in [2.05, 4.69) is 34.9 Å². The first-order valence-electron chi connectivity index (χ1n) is 7.51. The summed E-state index contributed by atoms with van der Waals surface area (Å²) in [5.41, 5.74) is 2.84. The first kappa shape index (κ1) is 14.7. The lowest BCUT2D eigenvalue weighted by Crippen LogP contribution is -2.29. The van der Waals surface area contributed by atoms with Gasteiger partial charge in [-0.05, 0) is 29.8 Å². The van der Waals surface area contributed by atoms with Gasteiger partial charge in [0.1, 0.15) is 12.1 Å². The Kier molecular flexibility index (Phi) is 4.58. The Bertz CT molecular complexity index is 815. The highest BCUT2D eigenvalue weighted by atomic mass is 15.1. The van der Waals surface area contributed by atoms with E-state index in [0.717, 1.165) is 12.1 Å². The van der Waals surface area contributed by atoms with Gasteiger partial charge in [0, 0.05) is 18.3 Å². The third kappa shape index (κ3) is 3.90. The number of nitriles is 1. The van der Waals surface area contributed by atoms with E-state index in [9.17, 15) is 0 Å². The molecule has 1 aliphatic rings. The molecule has 1 atom stereocenters. The average molecular weight is 296 g/mol. The molecule has 0 saturated heterocycles. The Morgan fingerprint density at radius 3 is 2.35 bits per heavy atom. The third-order valence-electron chi connectivity index (χ3n) is 3.60. The lowest BCUT2D eigenvalue weighted by Gasteiger charge is -2.27. The van der Waals surface area contributed by atoms with Gasteiger partial charge < -0.3 is 4.90 Å². The van der Waals surface area contributed by atoms with Crippen LogP contribution in [0.5, 0.6) is 0 Å². The maximum absolute atomic E-state index is 9.14. The van der Waals surface area contributed by atoms with Gasteiger partial charge in [0.05, 0.1) is 5.57 Å². The van der Waals surface area contributed by atoms with Crippen molar-refractivity contribution in [2.24, 2.45) is 0 Å². The van der Waals surface area contributed by atoms with Gasteiger partial charge in [-0.25, -0.2) is 0 Å². The molecule has 110 valence electrons. The zero-order valence-electron chi connectivity index (χ0n) is 12.7. The maximum atomic E-state index is 9.14. The van der Waals surface area contributed by atoms with Gasteiger partial charge in [0.25, 0.3) is 0 Å². The number of nitrogens with zero attached hydrogens (tertiary/aromatic N) is 2. The Hall–Kier alpha value is -3.23. The number of allylic oxidation sites excluding steroid dienone is 2. The van der Waals surface area contributed by atoms with Crippen molar-refractivity contribution in [1.29, 1.82) is 5.26 Å². The highest BCUT2D eigenvalue weighted by molar-refractivity contribution is 5.41. The molecule has 23 heavy (non-hydrogen) atoms. The first-order valence-corrected chi connectivity index (χ1v) is 7.51. The van der Waals surface area contributed by atoms with Crippen LogP contribution >= 0.6 is 0 Å². The van der Waals surface area contributed by atoms with Gasteiger partial charge in [0.2, 0.25) is 0 Å². The minimum atomic E-state index is -0.0347. The molecule has 0 bridgehead atoms. The number of hydrogen-bond donors (Lipinski definition) is 0. The molecule has 0 saturated carbocycles. The zero-order chi connectivity index (χ0) is 15.9. The van der Waals surface area contributed by atoms with Crippen molar-refractivity contribution in [3.05, 3.63) is 95.7 Å². The second kappa shape index (κ2) is 7.16. The SMILES string of the molecule is N#CC1=CN(Cc2ccccc2)[C@@H](C#Cc2ccccc2)C=C1. The quantitative estimate of drug-likeness (QED) is 0.786. The van der Waals surface area contributed by atoms with Crippen LogP contribution in [-0.4, -0.2) is 10.9 Å². The van der Waals surface area contributed by atoms with Crippen molar-refractivity contribution >= 4 is 0 Å². The fourth-order valence-electron chi connectivity index (χ4n) is 2.42. The van der Waals surface area contributed by atoms with E-state index >= 15 is 0 Å². The van der Waals surface area contributed by atoms with E-state index in [0.29, 0.717) is 5.57 Å². The normalized spacial score (nSPS) is 16.0. The molecular weight excluding hydrogens is 280 g/mol. The van der Waals surface area contributed by atoms with Crippen molar-refractivity contribution in [2.45, 2.75) is 12.6 Å². The van der Waals surface area contributed by atoms with Crippen LogP contribution in [0.25, 0.3) is 0 Å². The molecule has 1 aliphatic heterocycles. The predicted octanol–water partition coefficient (Wildman–Crippen LogP) is 3.89. The summed E-state index contributed by atoms with van der Waals surface area (Å²) in [7, 11) is 0. The molecule has 0 spiro atoms. The molecule has 0 aliphatic carbocycles. The van der Waals surface area contributed by atoms with Crippen LogP contribution in [0.3, 0.4) is 0 Å². The molecule has 3 rings (SSSR count). The van der Waals surface area contributed by atoms with Gasteiger partial charge in [-0.3, -0.25) is 0 Å². The molecule has 2 heteroatoms. The fourth-order valence-corrected chi connectivity index (χ4v) is 2.42. The summed E-state index contributed by atoms with van der Waals surface area (Å²) in [6, 6.07) is 22.3. The Labute approximate surface area is 137 Å². The molecule has 2 nitrogen and oxygen atoms in total. The zero-order valence-corrected chi connectivity index (χ0v) is 12.7. The molecule has 0 N–H and O–H groups in total. The van der Waals surface area contributed by atoms with Crippen LogP contribution in [0.15, 0.2) is 84.6 Å². The van der Waals surface area contributed by atoms with Crippen LogP contribution in [0.4, 0.5) is 0 Å². The van der Waals surface area contributed by atoms with Crippen LogP contribution in [0.1, 0.15) is 11.1 Å². The van der Waals surface area contributed by atoms with Gasteiger partial charge >= 0.3 is 0 Å². The highest BCUT2D eigenvalue weighted by Crippen LogP contribution is 2.16. The number of benzene rings is 2. The lowest BCUT2D eigenvalue weighted by molar-refractivity contribution is 0.355. The number of rotatable bonds is 2. The summed E-state index contributed by atoms with van der Waals surface area (Å²) in [5, 5.41) is 9.14. The summed E-state index contributed by atoms with van der Waals surface area (Å²) in [6.07, 6.45) is 5.71. The monoisotopic (exact) mass is 296 g/mol. The summed E-state index contributed by atoms with van der Waals surface area (Å²) >= 11 is 0. The standard InChI is InChI=1S/C21H16N2/c22-15-20-12-14-21(13-11-18-7-3-1-4-8-18)23(17-20)16-19-9-5-2-6-10-19/h1-10,12,14,17,21H,16H2/t21-/m0/s1. The van der Waals surface area contributed by atoms with Gasteiger partial charge in [-0.1, -0.05) is 60.4 Å². The minimum Gasteiger partial charge on any atom is -0.355 e. The maximum Gasteiger partial charge on any atom is 0.109 e. The summed E-state index contributed by atoms with van der Waals surface area (Å²) in [6.45, 7) is 0.727. The molecule has 0 fully saturated rings. The van der Waals surface area contributed by atoms with Crippen LogP contribution in [-0.2, 0) is 6.54 Å². The predicted molar refractivity (Wildman–Crippen MR) is 91.9 cm³/mol. The van der Waals surface area contributed by atoms with Gasteiger partial charge in [0.15, 0.2) is 0 Å². The van der Waals surface area contributed by atoms with Crippen LogP contribution < -0.4 is 0 Å². The minimum absolute atomic E-state index is 0.0347. The number of hydrogen-bond acceptors (Lipinski definition) is 2. The molecule has 0 unspecified atom stereocenters. The second-order valence-electron chi connectivity index (χ2n) is 5.29. The molecule has 0 aromatic heterocycles. The molecular formula is C21H16N2. The molecule has 1 heterocycles. The molecule has 0 radical (unpaired) electrons. The second-order valence-corrected chi connectivity index (χ2v) is 5.29. The van der Waals surface area contributed by atoms with E-state index in [1.54, 1.807) is 0 Å². The molecule has 2 aromatic carbocycles. The lowest BCUT2D eigenvalue weighted by atomic mass is 10.1. The van der Waals surface area contributed by atoms with Gasteiger partial charge in [-0.2, -0.15) is 5.26 Å². The molecule has 0 amide bonds. The Balaban J connectivity index is 1.83. The van der Waals surface area contributed by atoms with E-state index in [4.69, 9.17) is 5.26 Å². The first-order chi connectivity index (χ1) is 11.3. The van der Waals surface area contributed by atoms with E-state index in [1.165, 1.54) is 5.56 Å². The fraction of sp³-hybridized carbons (Fsp3) is 0.0952. The van der Waals surface area contributed by atoms with Crippen molar-refractivity contribution in [2.75, 3.05) is 0 Å². The Morgan fingerprint density at radius 1 is 0.957 bits per heavy atom. The largest absolute Gasteiger partial charge is 0.355 e. The van der Waals surface area contributed by atoms with E-state index in [1.807, 2.05) is 66.9 Å². The average Bonchev–Trinajstić information content (AvgIpc) is 2.62. The smallest absolute Gasteiger partial charge is 0.109 e. The summed E-state index contributed by atoms with van der Waals surface area (Å²) < 4.78 is 0. The van der Waals surface area contributed by atoms with E-state index in [-0.39, 0.29) is 6.04 Å². The Morgan fingerprint density at radius 2 is 1.65 bits per heavy atom. The molecule has 2 aromatic rings. The van der Waals surface area contributed by atoms with Gasteiger partial charge in [-0.15, -0.1) is 0 Å². The van der Waals surface area contributed by atoms with E-state index < -0.39 is 0 Å². The van der Waals surface area contributed by atoms with Crippen molar-refractivity contribution in [3.8, 4) is 17.9 Å². The highest BCUT2D eigenvalue weighted by Gasteiger charge is 2.15. The summed E-state index contributed by atoms with van der Waals surface area (Å²) in [5.74, 6) is 6.50. The summed E-state index contributed by atoms with van der Waals surface area (Å²) in [4.78, 5) is 2.10. The van der Waals surface area contributed by atoms with Crippen LogP contribution in [0.2, 0.25) is 0 Å².